The number of nitrogens with zero attached hydrogens (tertiary/aromatic N) is 2. The smallest absolute Gasteiger partial charge is 0.243 e. The lowest BCUT2D eigenvalue weighted by molar-refractivity contribution is -0.126. The first-order valence-corrected chi connectivity index (χ1v) is 12.6. The van der Waals surface area contributed by atoms with Crippen molar-refractivity contribution >= 4 is 21.6 Å². The highest BCUT2D eigenvalue weighted by Gasteiger charge is 2.32. The number of carbonyl (C=O) groups is 1. The van der Waals surface area contributed by atoms with Crippen molar-refractivity contribution in [1.82, 2.24) is 9.62 Å². The van der Waals surface area contributed by atoms with E-state index in [1.807, 2.05) is 31.2 Å². The number of benzene rings is 2. The van der Waals surface area contributed by atoms with E-state index < -0.39 is 10.0 Å². The van der Waals surface area contributed by atoms with Gasteiger partial charge < -0.3 is 10.2 Å². The van der Waals surface area contributed by atoms with E-state index in [-0.39, 0.29) is 11.8 Å². The second kappa shape index (κ2) is 9.40. The molecule has 0 aromatic heterocycles. The molecule has 0 aliphatic carbocycles. The molecule has 0 spiro atoms. The molecule has 2 aromatic rings. The van der Waals surface area contributed by atoms with Gasteiger partial charge in [-0.2, -0.15) is 4.31 Å². The lowest BCUT2D eigenvalue weighted by Crippen LogP contribution is -2.42. The van der Waals surface area contributed by atoms with Crippen LogP contribution >= 0.6 is 0 Å². The van der Waals surface area contributed by atoms with Crippen LogP contribution in [0.25, 0.3) is 0 Å². The van der Waals surface area contributed by atoms with Gasteiger partial charge in [0.25, 0.3) is 0 Å². The van der Waals surface area contributed by atoms with Gasteiger partial charge in [-0.25, -0.2) is 8.42 Å². The van der Waals surface area contributed by atoms with Crippen molar-refractivity contribution in [2.45, 2.75) is 44.0 Å². The number of hydrogen-bond donors (Lipinski definition) is 1. The fourth-order valence-electron chi connectivity index (χ4n) is 4.47. The molecule has 1 N–H and O–H groups in total. The minimum atomic E-state index is -3.50. The molecular weight excluding hydrogens is 410 g/mol. The van der Waals surface area contributed by atoms with Gasteiger partial charge in [-0.15, -0.1) is 0 Å². The summed E-state index contributed by atoms with van der Waals surface area (Å²) in [5.74, 6) is -0.132. The minimum absolute atomic E-state index is 0.0172. The Hall–Kier alpha value is -2.38. The number of para-hydroxylation sites is 1. The van der Waals surface area contributed by atoms with Gasteiger partial charge in [-0.1, -0.05) is 35.9 Å². The molecule has 0 unspecified atom stereocenters. The van der Waals surface area contributed by atoms with Crippen molar-refractivity contribution in [3.05, 3.63) is 59.7 Å². The van der Waals surface area contributed by atoms with Crippen LogP contribution in [0.1, 0.15) is 36.8 Å². The molecular formula is C24H31N3O3S. The summed E-state index contributed by atoms with van der Waals surface area (Å²) in [7, 11) is -3.50. The minimum Gasteiger partial charge on any atom is -0.371 e. The Morgan fingerprint density at radius 1 is 0.968 bits per heavy atom. The third-order valence-electron chi connectivity index (χ3n) is 6.37. The maximum atomic E-state index is 12.9. The van der Waals surface area contributed by atoms with E-state index in [2.05, 4.69) is 22.3 Å². The molecule has 0 atom stereocenters. The predicted octanol–water partition coefficient (Wildman–Crippen LogP) is 3.31. The van der Waals surface area contributed by atoms with Crippen molar-refractivity contribution in [3.63, 3.8) is 0 Å². The fourth-order valence-corrected chi connectivity index (χ4v) is 5.94. The number of carbonyl (C=O) groups excluding carboxylic acids is 1. The Morgan fingerprint density at radius 2 is 1.61 bits per heavy atom. The van der Waals surface area contributed by atoms with Gasteiger partial charge in [0, 0.05) is 44.3 Å². The highest BCUT2D eigenvalue weighted by Crippen LogP contribution is 2.26. The van der Waals surface area contributed by atoms with Crippen LogP contribution in [0.2, 0.25) is 0 Å². The second-order valence-corrected chi connectivity index (χ2v) is 10.5. The van der Waals surface area contributed by atoms with Gasteiger partial charge in [0.05, 0.1) is 4.90 Å². The number of anilines is 1. The van der Waals surface area contributed by atoms with E-state index in [0.717, 1.165) is 24.2 Å². The van der Waals surface area contributed by atoms with Gasteiger partial charge in [0.2, 0.25) is 15.9 Å². The molecule has 0 saturated carbocycles. The fraction of sp³-hybridized carbons (Fsp3) is 0.458. The molecule has 2 heterocycles. The Bertz CT molecular complexity index is 1010. The number of piperidine rings is 1. The number of rotatable bonds is 6. The SMILES string of the molecule is Cc1ccc(S(=O)(=O)N2CCC(C(=O)NCc3ccccc3N3CCCC3)CC2)cc1. The summed E-state index contributed by atoms with van der Waals surface area (Å²) in [6.07, 6.45) is 3.52. The molecule has 0 bridgehead atoms. The summed E-state index contributed by atoms with van der Waals surface area (Å²) in [5.41, 5.74) is 3.37. The summed E-state index contributed by atoms with van der Waals surface area (Å²) in [6, 6.07) is 15.2. The first-order chi connectivity index (χ1) is 14.9. The zero-order chi connectivity index (χ0) is 21.8. The molecule has 2 fully saturated rings. The molecule has 2 saturated heterocycles. The normalized spacial score (nSPS) is 18.3. The van der Waals surface area contributed by atoms with Crippen LogP contribution in [-0.2, 0) is 21.4 Å². The summed E-state index contributed by atoms with van der Waals surface area (Å²) in [4.78, 5) is 15.5. The van der Waals surface area contributed by atoms with Crippen molar-refractivity contribution in [3.8, 4) is 0 Å². The topological polar surface area (TPSA) is 69.7 Å². The molecule has 1 amide bonds. The Balaban J connectivity index is 1.32. The summed E-state index contributed by atoms with van der Waals surface area (Å²) in [5, 5.41) is 3.09. The van der Waals surface area contributed by atoms with Crippen LogP contribution in [0.5, 0.6) is 0 Å². The van der Waals surface area contributed by atoms with E-state index in [4.69, 9.17) is 0 Å². The van der Waals surface area contributed by atoms with E-state index >= 15 is 0 Å². The average Bonchev–Trinajstić information content (AvgIpc) is 3.33. The number of amides is 1. The van der Waals surface area contributed by atoms with E-state index in [1.165, 1.54) is 22.8 Å². The molecule has 2 aliphatic rings. The molecule has 31 heavy (non-hydrogen) atoms. The first-order valence-electron chi connectivity index (χ1n) is 11.1. The number of aryl methyl sites for hydroxylation is 1. The van der Waals surface area contributed by atoms with Crippen molar-refractivity contribution in [1.29, 1.82) is 0 Å². The lowest BCUT2D eigenvalue weighted by atomic mass is 9.97. The third kappa shape index (κ3) is 4.93. The Kier molecular flexibility index (Phi) is 6.62. The predicted molar refractivity (Wildman–Crippen MR) is 122 cm³/mol. The number of sulfonamides is 1. The van der Waals surface area contributed by atoms with E-state index in [1.54, 1.807) is 12.1 Å². The molecule has 7 heteroatoms. The van der Waals surface area contributed by atoms with Crippen molar-refractivity contribution in [2.75, 3.05) is 31.1 Å². The highest BCUT2D eigenvalue weighted by molar-refractivity contribution is 7.89. The van der Waals surface area contributed by atoms with Gasteiger partial charge in [-0.05, 0) is 56.4 Å². The largest absolute Gasteiger partial charge is 0.371 e. The van der Waals surface area contributed by atoms with Gasteiger partial charge in [0.1, 0.15) is 0 Å². The monoisotopic (exact) mass is 441 g/mol. The highest BCUT2D eigenvalue weighted by atomic mass is 32.2. The van der Waals surface area contributed by atoms with E-state index in [9.17, 15) is 13.2 Å². The first kappa shape index (κ1) is 21.8. The number of hydrogen-bond acceptors (Lipinski definition) is 4. The molecule has 0 radical (unpaired) electrons. The van der Waals surface area contributed by atoms with Crippen molar-refractivity contribution < 1.29 is 13.2 Å². The van der Waals surface area contributed by atoms with Crippen LogP contribution in [-0.4, -0.2) is 44.8 Å². The molecule has 2 aliphatic heterocycles. The van der Waals surface area contributed by atoms with Crippen LogP contribution < -0.4 is 10.2 Å². The Morgan fingerprint density at radius 3 is 2.29 bits per heavy atom. The van der Waals surface area contributed by atoms with E-state index in [0.29, 0.717) is 37.4 Å². The lowest BCUT2D eigenvalue weighted by Gasteiger charge is -2.30. The third-order valence-corrected chi connectivity index (χ3v) is 8.29. The summed E-state index contributed by atoms with van der Waals surface area (Å²) < 4.78 is 27.2. The molecule has 166 valence electrons. The van der Waals surface area contributed by atoms with Gasteiger partial charge in [-0.3, -0.25) is 4.79 Å². The number of nitrogens with one attached hydrogen (secondary N) is 1. The summed E-state index contributed by atoms with van der Waals surface area (Å²) in [6.45, 7) is 5.33. The standard InChI is InChI=1S/C24H31N3O3S/c1-19-8-10-22(11-9-19)31(29,30)27-16-12-20(13-17-27)24(28)25-18-21-6-2-3-7-23(21)26-14-4-5-15-26/h2-3,6-11,20H,4-5,12-18H2,1H3,(H,25,28). The zero-order valence-corrected chi connectivity index (χ0v) is 18.9. The van der Waals surface area contributed by atoms with Gasteiger partial charge >= 0.3 is 0 Å². The van der Waals surface area contributed by atoms with Gasteiger partial charge in [0.15, 0.2) is 0 Å². The summed E-state index contributed by atoms with van der Waals surface area (Å²) >= 11 is 0. The molecule has 2 aromatic carbocycles. The maximum absolute atomic E-state index is 12.9. The average molecular weight is 442 g/mol. The molecule has 4 rings (SSSR count). The second-order valence-electron chi connectivity index (χ2n) is 8.53. The Labute approximate surface area is 185 Å². The van der Waals surface area contributed by atoms with Crippen molar-refractivity contribution in [2.24, 2.45) is 5.92 Å². The zero-order valence-electron chi connectivity index (χ0n) is 18.1. The maximum Gasteiger partial charge on any atom is 0.243 e. The van der Waals surface area contributed by atoms with Crippen LogP contribution in [0, 0.1) is 12.8 Å². The van der Waals surface area contributed by atoms with Crippen LogP contribution in [0.15, 0.2) is 53.4 Å². The van der Waals surface area contributed by atoms with Crippen LogP contribution in [0.3, 0.4) is 0 Å². The molecule has 6 nitrogen and oxygen atoms in total. The quantitative estimate of drug-likeness (QED) is 0.747. The van der Waals surface area contributed by atoms with Crippen LogP contribution in [0.4, 0.5) is 5.69 Å².